The molecule has 2 aromatic carbocycles. The molecule has 168 valence electrons. The van der Waals surface area contributed by atoms with E-state index in [9.17, 15) is 0 Å². The Morgan fingerprint density at radius 2 is 1.72 bits per heavy atom. The number of nitrogens with one attached hydrogen (secondary N) is 2. The number of hydrogen-bond donors (Lipinski definition) is 2. The molecule has 1 aromatic heterocycles. The SMILES string of the molecule is CN(C)c1nc(N[C@H]2CC[C@@H](CNC/C(Br)=C/c3ccccc3)CC2)nc2ccccc12. The molecule has 1 aliphatic rings. The van der Waals surface area contributed by atoms with E-state index in [2.05, 4.69) is 73.9 Å². The average Bonchev–Trinajstić information content (AvgIpc) is 2.80. The molecule has 1 fully saturated rings. The highest BCUT2D eigenvalue weighted by molar-refractivity contribution is 9.11. The summed E-state index contributed by atoms with van der Waals surface area (Å²) in [5, 5.41) is 8.31. The van der Waals surface area contributed by atoms with Crippen LogP contribution in [0.3, 0.4) is 0 Å². The van der Waals surface area contributed by atoms with Crippen LogP contribution in [-0.2, 0) is 0 Å². The van der Waals surface area contributed by atoms with Gasteiger partial charge in [0, 0.05) is 36.6 Å². The van der Waals surface area contributed by atoms with Crippen molar-refractivity contribution >= 4 is 44.7 Å². The topological polar surface area (TPSA) is 53.1 Å². The van der Waals surface area contributed by atoms with E-state index < -0.39 is 0 Å². The van der Waals surface area contributed by atoms with Crippen molar-refractivity contribution in [2.75, 3.05) is 37.4 Å². The third-order valence-corrected chi connectivity index (χ3v) is 6.55. The van der Waals surface area contributed by atoms with E-state index in [0.717, 1.165) is 54.5 Å². The predicted molar refractivity (Wildman–Crippen MR) is 139 cm³/mol. The highest BCUT2D eigenvalue weighted by Gasteiger charge is 2.22. The van der Waals surface area contributed by atoms with Crippen LogP contribution < -0.4 is 15.5 Å². The molecule has 1 heterocycles. The summed E-state index contributed by atoms with van der Waals surface area (Å²) in [6.45, 7) is 1.92. The molecule has 1 aliphatic carbocycles. The highest BCUT2D eigenvalue weighted by Crippen LogP contribution is 2.28. The van der Waals surface area contributed by atoms with Crippen LogP contribution >= 0.6 is 15.9 Å². The molecule has 0 amide bonds. The van der Waals surface area contributed by atoms with Gasteiger partial charge < -0.3 is 15.5 Å². The Labute approximate surface area is 199 Å². The van der Waals surface area contributed by atoms with E-state index in [1.54, 1.807) is 0 Å². The van der Waals surface area contributed by atoms with Crippen molar-refractivity contribution in [1.82, 2.24) is 15.3 Å². The second-order valence-electron chi connectivity index (χ2n) is 8.78. The number of fused-ring (bicyclic) bond motifs is 1. The van der Waals surface area contributed by atoms with Gasteiger partial charge in [0.1, 0.15) is 5.82 Å². The Morgan fingerprint density at radius 3 is 2.47 bits per heavy atom. The van der Waals surface area contributed by atoms with Crippen LogP contribution in [-0.4, -0.2) is 43.2 Å². The van der Waals surface area contributed by atoms with Gasteiger partial charge >= 0.3 is 0 Å². The molecule has 2 N–H and O–H groups in total. The van der Waals surface area contributed by atoms with Gasteiger partial charge in [-0.05, 0) is 61.9 Å². The van der Waals surface area contributed by atoms with Gasteiger partial charge in [0.05, 0.1) is 5.52 Å². The predicted octanol–water partition coefficient (Wildman–Crippen LogP) is 5.69. The van der Waals surface area contributed by atoms with Crippen molar-refractivity contribution in [3.05, 3.63) is 64.6 Å². The van der Waals surface area contributed by atoms with Gasteiger partial charge in [-0.2, -0.15) is 4.98 Å². The van der Waals surface area contributed by atoms with Crippen molar-refractivity contribution in [3.63, 3.8) is 0 Å². The first kappa shape index (κ1) is 22.7. The van der Waals surface area contributed by atoms with E-state index in [1.807, 2.05) is 32.3 Å². The lowest BCUT2D eigenvalue weighted by Crippen LogP contribution is -2.32. The molecule has 5 nitrogen and oxygen atoms in total. The van der Waals surface area contributed by atoms with Crippen LogP contribution in [0, 0.1) is 5.92 Å². The van der Waals surface area contributed by atoms with Gasteiger partial charge in [-0.15, -0.1) is 0 Å². The number of nitrogens with zero attached hydrogens (tertiary/aromatic N) is 3. The summed E-state index contributed by atoms with van der Waals surface area (Å²) in [7, 11) is 4.06. The summed E-state index contributed by atoms with van der Waals surface area (Å²) in [6.07, 6.45) is 6.93. The second-order valence-corrected chi connectivity index (χ2v) is 9.80. The fourth-order valence-corrected chi connectivity index (χ4v) is 4.80. The molecule has 3 aromatic rings. The highest BCUT2D eigenvalue weighted by atomic mass is 79.9. The maximum Gasteiger partial charge on any atom is 0.225 e. The molecule has 0 atom stereocenters. The van der Waals surface area contributed by atoms with Gasteiger partial charge in [0.2, 0.25) is 5.95 Å². The Morgan fingerprint density at radius 1 is 1.00 bits per heavy atom. The minimum atomic E-state index is 0.437. The number of para-hydroxylation sites is 1. The fourth-order valence-electron chi connectivity index (χ4n) is 4.34. The first-order valence-electron chi connectivity index (χ1n) is 11.4. The van der Waals surface area contributed by atoms with Gasteiger partial charge in [-0.25, -0.2) is 4.98 Å². The summed E-state index contributed by atoms with van der Waals surface area (Å²) in [6, 6.07) is 19.1. The standard InChI is InChI=1S/C26H32BrN5/c1-32(2)25-23-10-6-7-11-24(23)30-26(31-25)29-22-14-12-20(13-15-22)17-28-18-21(27)16-19-8-4-3-5-9-19/h3-11,16,20,22,28H,12-15,17-18H2,1-2H3,(H,29,30,31)/b21-16-/t20-,22+. The summed E-state index contributed by atoms with van der Waals surface area (Å²) < 4.78 is 1.18. The number of halogens is 1. The molecular weight excluding hydrogens is 462 g/mol. The van der Waals surface area contributed by atoms with Crippen LogP contribution in [0.1, 0.15) is 31.2 Å². The van der Waals surface area contributed by atoms with Crippen molar-refractivity contribution < 1.29 is 0 Å². The molecule has 32 heavy (non-hydrogen) atoms. The molecule has 4 rings (SSSR count). The molecule has 0 saturated heterocycles. The van der Waals surface area contributed by atoms with E-state index in [4.69, 9.17) is 9.97 Å². The molecule has 0 aliphatic heterocycles. The summed E-state index contributed by atoms with van der Waals surface area (Å²) in [5.41, 5.74) is 2.21. The zero-order valence-electron chi connectivity index (χ0n) is 18.9. The minimum Gasteiger partial charge on any atom is -0.362 e. The second kappa shape index (κ2) is 10.9. The Bertz CT molecular complexity index is 1040. The van der Waals surface area contributed by atoms with E-state index in [0.29, 0.717) is 6.04 Å². The molecular formula is C26H32BrN5. The minimum absolute atomic E-state index is 0.437. The summed E-state index contributed by atoms with van der Waals surface area (Å²) in [5.74, 6) is 2.43. The summed E-state index contributed by atoms with van der Waals surface area (Å²) >= 11 is 3.69. The third-order valence-electron chi connectivity index (χ3n) is 6.04. The van der Waals surface area contributed by atoms with Crippen molar-refractivity contribution in [1.29, 1.82) is 0 Å². The monoisotopic (exact) mass is 493 g/mol. The number of hydrogen-bond acceptors (Lipinski definition) is 5. The van der Waals surface area contributed by atoms with Crippen molar-refractivity contribution in [2.24, 2.45) is 5.92 Å². The normalized spacial score (nSPS) is 19.2. The molecule has 1 saturated carbocycles. The van der Waals surface area contributed by atoms with Gasteiger partial charge in [-0.3, -0.25) is 0 Å². The zero-order valence-corrected chi connectivity index (χ0v) is 20.5. The Balaban J connectivity index is 1.26. The quantitative estimate of drug-likeness (QED) is 0.421. The maximum absolute atomic E-state index is 4.80. The number of aromatic nitrogens is 2. The number of anilines is 2. The lowest BCUT2D eigenvalue weighted by molar-refractivity contribution is 0.327. The van der Waals surface area contributed by atoms with E-state index in [1.165, 1.54) is 22.9 Å². The van der Waals surface area contributed by atoms with Crippen molar-refractivity contribution in [3.8, 4) is 0 Å². The van der Waals surface area contributed by atoms with Crippen molar-refractivity contribution in [2.45, 2.75) is 31.7 Å². The maximum atomic E-state index is 4.80. The van der Waals surface area contributed by atoms with Crippen LogP contribution in [0.2, 0.25) is 0 Å². The molecule has 0 bridgehead atoms. The van der Waals surface area contributed by atoms with Gasteiger partial charge in [0.25, 0.3) is 0 Å². The number of benzene rings is 2. The first-order valence-corrected chi connectivity index (χ1v) is 12.2. The largest absolute Gasteiger partial charge is 0.362 e. The summed E-state index contributed by atoms with van der Waals surface area (Å²) in [4.78, 5) is 11.6. The molecule has 0 unspecified atom stereocenters. The van der Waals surface area contributed by atoms with Crippen LogP contribution in [0.25, 0.3) is 17.0 Å². The Kier molecular flexibility index (Phi) is 7.76. The number of rotatable bonds is 8. The van der Waals surface area contributed by atoms with E-state index >= 15 is 0 Å². The lowest BCUT2D eigenvalue weighted by Gasteiger charge is -2.29. The van der Waals surface area contributed by atoms with E-state index in [-0.39, 0.29) is 0 Å². The van der Waals surface area contributed by atoms with Gasteiger partial charge in [0.15, 0.2) is 0 Å². The smallest absolute Gasteiger partial charge is 0.225 e. The lowest BCUT2D eigenvalue weighted by atomic mass is 9.86. The zero-order chi connectivity index (χ0) is 22.3. The third kappa shape index (κ3) is 6.08. The van der Waals surface area contributed by atoms with Crippen LogP contribution in [0.15, 0.2) is 59.1 Å². The average molecular weight is 494 g/mol. The van der Waals surface area contributed by atoms with Crippen LogP contribution in [0.5, 0.6) is 0 Å². The van der Waals surface area contributed by atoms with Gasteiger partial charge in [-0.1, -0.05) is 58.4 Å². The first-order chi connectivity index (χ1) is 15.6. The molecule has 0 radical (unpaired) electrons. The molecule has 0 spiro atoms. The fraction of sp³-hybridized carbons (Fsp3) is 0.385. The Hall–Kier alpha value is -2.44. The molecule has 6 heteroatoms. The van der Waals surface area contributed by atoms with Crippen LogP contribution in [0.4, 0.5) is 11.8 Å².